The molecule has 0 saturated heterocycles. The second kappa shape index (κ2) is 10.7. The van der Waals surface area contributed by atoms with Gasteiger partial charge in [0.15, 0.2) is 17.1 Å². The number of hydrogen-bond acceptors (Lipinski definition) is 10. The van der Waals surface area contributed by atoms with Gasteiger partial charge in [0, 0.05) is 14.1 Å². The average Bonchev–Trinajstić information content (AvgIpc) is 3.51. The minimum absolute atomic E-state index is 0.00565. The van der Waals surface area contributed by atoms with Crippen LogP contribution in [-0.2, 0) is 30.2 Å². The van der Waals surface area contributed by atoms with Gasteiger partial charge in [-0.15, -0.1) is 5.10 Å². The van der Waals surface area contributed by atoms with E-state index in [0.717, 1.165) is 4.57 Å². The summed E-state index contributed by atoms with van der Waals surface area (Å²) >= 11 is 0. The zero-order chi connectivity index (χ0) is 28.3. The third kappa shape index (κ3) is 5.63. The zero-order valence-corrected chi connectivity index (χ0v) is 20.5. The molecule has 0 unspecified atom stereocenters. The van der Waals surface area contributed by atoms with Crippen molar-refractivity contribution < 1.29 is 19.1 Å². The van der Waals surface area contributed by atoms with Crippen molar-refractivity contribution in [3.8, 4) is 5.75 Å². The molecule has 4 rings (SSSR count). The molecule has 0 atom stereocenters. The topological polar surface area (TPSA) is 252 Å². The van der Waals surface area contributed by atoms with Crippen molar-refractivity contribution in [1.82, 2.24) is 33.9 Å². The number of rotatable bonds is 8. The van der Waals surface area contributed by atoms with E-state index in [1.807, 2.05) is 0 Å². The van der Waals surface area contributed by atoms with Gasteiger partial charge in [0.25, 0.3) is 17.4 Å². The minimum Gasteiger partial charge on any atom is -0.424 e. The molecule has 0 aliphatic rings. The van der Waals surface area contributed by atoms with Gasteiger partial charge in [0.2, 0.25) is 11.9 Å². The minimum atomic E-state index is -0.794. The van der Waals surface area contributed by atoms with Crippen LogP contribution in [0, 0.1) is 0 Å². The van der Waals surface area contributed by atoms with Crippen molar-refractivity contribution in [3.05, 3.63) is 57.0 Å². The Bertz CT molecular complexity index is 1740. The fourth-order valence-corrected chi connectivity index (χ4v) is 3.44. The molecule has 0 aliphatic heterocycles. The van der Waals surface area contributed by atoms with Crippen LogP contribution < -0.4 is 38.1 Å². The molecule has 0 radical (unpaired) electrons. The molecule has 0 bridgehead atoms. The van der Waals surface area contributed by atoms with Gasteiger partial charge in [-0.3, -0.25) is 34.2 Å². The van der Waals surface area contributed by atoms with E-state index in [1.165, 1.54) is 41.7 Å². The third-order valence-electron chi connectivity index (χ3n) is 5.25. The van der Waals surface area contributed by atoms with E-state index in [2.05, 4.69) is 35.8 Å². The number of nitrogens with one attached hydrogen (secondary N) is 3. The van der Waals surface area contributed by atoms with Crippen LogP contribution in [0.25, 0.3) is 11.2 Å². The quantitative estimate of drug-likeness (QED) is 0.0685. The lowest BCUT2D eigenvalue weighted by atomic mass is 10.2. The van der Waals surface area contributed by atoms with E-state index in [4.69, 9.17) is 16.2 Å². The number of guanidine groups is 1. The summed E-state index contributed by atoms with van der Waals surface area (Å²) in [5.41, 5.74) is 9.42. The highest BCUT2D eigenvalue weighted by atomic mass is 16.5. The van der Waals surface area contributed by atoms with E-state index >= 15 is 0 Å². The van der Waals surface area contributed by atoms with E-state index in [9.17, 15) is 24.0 Å². The number of fused-ring (bicyclic) bond motifs is 1. The van der Waals surface area contributed by atoms with Crippen molar-refractivity contribution in [2.75, 3.05) is 17.2 Å². The summed E-state index contributed by atoms with van der Waals surface area (Å²) in [7, 11) is 2.78. The summed E-state index contributed by atoms with van der Waals surface area (Å²) in [6.07, 6.45) is 1.26. The van der Waals surface area contributed by atoms with Crippen LogP contribution in [0.4, 0.5) is 11.9 Å². The first-order chi connectivity index (χ1) is 18.5. The number of aryl methyl sites for hydroxylation is 1. The molecule has 39 heavy (non-hydrogen) atoms. The van der Waals surface area contributed by atoms with E-state index in [0.29, 0.717) is 0 Å². The number of anilines is 2. The summed E-state index contributed by atoms with van der Waals surface area (Å²) in [4.78, 5) is 73.4. The number of hydrogen-bond donors (Lipinski definition) is 5. The van der Waals surface area contributed by atoms with E-state index < -0.39 is 35.6 Å². The molecule has 3 heterocycles. The molecule has 3 aromatic heterocycles. The monoisotopic (exact) mass is 538 g/mol. The van der Waals surface area contributed by atoms with Gasteiger partial charge < -0.3 is 20.8 Å². The maximum atomic E-state index is 12.7. The van der Waals surface area contributed by atoms with Crippen molar-refractivity contribution in [3.63, 3.8) is 0 Å². The molecule has 2 amide bonds. The number of ether oxygens (including phenoxy) is 1. The summed E-state index contributed by atoms with van der Waals surface area (Å²) in [5, 5.41) is 11.1. The lowest BCUT2D eigenvalue weighted by molar-refractivity contribution is -0.132. The van der Waals surface area contributed by atoms with Crippen LogP contribution in [0.2, 0.25) is 0 Å². The molecule has 18 heteroatoms. The lowest BCUT2D eigenvalue weighted by Crippen LogP contribution is -2.37. The summed E-state index contributed by atoms with van der Waals surface area (Å²) in [6.45, 7) is -0.769. The maximum absolute atomic E-state index is 12.7. The molecule has 202 valence electrons. The molecule has 0 spiro atoms. The molecule has 0 fully saturated rings. The number of aliphatic imine (C=N–C) groups is 1. The van der Waals surface area contributed by atoms with Crippen LogP contribution >= 0.6 is 0 Å². The Morgan fingerprint density at radius 3 is 2.59 bits per heavy atom. The van der Waals surface area contributed by atoms with Gasteiger partial charge in [-0.25, -0.2) is 24.7 Å². The number of nitrogens with two attached hydrogens (primary N) is 2. The number of benzene rings is 1. The summed E-state index contributed by atoms with van der Waals surface area (Å²) < 4.78 is 8.54. The van der Waals surface area contributed by atoms with Gasteiger partial charge in [-0.2, -0.15) is 4.98 Å². The highest BCUT2D eigenvalue weighted by Gasteiger charge is 2.19. The smallest absolute Gasteiger partial charge is 0.333 e. The molecular weight excluding hydrogens is 516 g/mol. The largest absolute Gasteiger partial charge is 0.424 e. The second-order valence-electron chi connectivity index (χ2n) is 7.97. The SMILES string of the molecule is Cn1c(=O)c2c(ncn2CC(=O)Nc2nc(NC(=O)c3ccccc3OC(=O)CN=C(N)N)n[nH]2)n(C)c1=O. The summed E-state index contributed by atoms with van der Waals surface area (Å²) in [6, 6.07) is 5.91. The van der Waals surface area contributed by atoms with Gasteiger partial charge in [-0.05, 0) is 12.1 Å². The van der Waals surface area contributed by atoms with Crippen LogP contribution in [0.3, 0.4) is 0 Å². The fraction of sp³-hybridized carbons (Fsp3) is 0.190. The van der Waals surface area contributed by atoms with Crippen LogP contribution in [0.5, 0.6) is 5.75 Å². The first-order valence-corrected chi connectivity index (χ1v) is 11.0. The molecule has 18 nitrogen and oxygen atoms in total. The van der Waals surface area contributed by atoms with E-state index in [-0.39, 0.29) is 46.9 Å². The number of esters is 1. The fourth-order valence-electron chi connectivity index (χ4n) is 3.44. The Hall–Kier alpha value is -5.81. The summed E-state index contributed by atoms with van der Waals surface area (Å²) in [5.74, 6) is -2.73. The first kappa shape index (κ1) is 26.3. The molecule has 1 aromatic carbocycles. The number of nitrogens with zero attached hydrogens (tertiary/aromatic N) is 7. The number of aromatic nitrogens is 7. The predicted octanol–water partition coefficient (Wildman–Crippen LogP) is -2.38. The Balaban J connectivity index is 1.42. The Kier molecular flexibility index (Phi) is 7.18. The molecule has 0 saturated carbocycles. The molecule has 4 aromatic rings. The van der Waals surface area contributed by atoms with Crippen molar-refractivity contribution >= 4 is 46.8 Å². The van der Waals surface area contributed by atoms with Crippen molar-refractivity contribution in [2.45, 2.75) is 6.54 Å². The Morgan fingerprint density at radius 2 is 1.85 bits per heavy atom. The normalized spacial score (nSPS) is 10.7. The number of carbonyl (C=O) groups excluding carboxylic acids is 3. The van der Waals surface area contributed by atoms with Crippen LogP contribution in [0.15, 0.2) is 45.2 Å². The Morgan fingerprint density at radius 1 is 1.10 bits per heavy atom. The number of carbonyl (C=O) groups is 3. The molecule has 0 aliphatic carbocycles. The molecule has 7 N–H and O–H groups in total. The van der Waals surface area contributed by atoms with Gasteiger partial charge >= 0.3 is 11.7 Å². The number of para-hydroxylation sites is 1. The lowest BCUT2D eigenvalue weighted by Gasteiger charge is -2.08. The zero-order valence-electron chi connectivity index (χ0n) is 20.5. The van der Waals surface area contributed by atoms with Gasteiger partial charge in [0.1, 0.15) is 18.8 Å². The van der Waals surface area contributed by atoms with Gasteiger partial charge in [-0.1, -0.05) is 12.1 Å². The highest BCUT2D eigenvalue weighted by Crippen LogP contribution is 2.19. The van der Waals surface area contributed by atoms with Crippen LogP contribution in [-0.4, -0.2) is 64.2 Å². The van der Waals surface area contributed by atoms with Crippen molar-refractivity contribution in [1.29, 1.82) is 0 Å². The number of H-pyrrole nitrogens is 1. The number of aromatic amines is 1. The number of amides is 2. The average molecular weight is 538 g/mol. The third-order valence-corrected chi connectivity index (χ3v) is 5.25. The van der Waals surface area contributed by atoms with Crippen molar-refractivity contribution in [2.24, 2.45) is 30.6 Å². The van der Waals surface area contributed by atoms with Crippen LogP contribution in [0.1, 0.15) is 10.4 Å². The standard InChI is InChI=1S/C21H22N12O6/c1-31-15-14(17(37)32(2)21(31)38)33(9-25-15)8-12(34)26-19-28-20(30-29-19)27-16(36)10-5-3-4-6-11(10)39-13(35)7-24-18(22)23/h3-6,9H,7-8H2,1-2H3,(H4,22,23,24)(H3,26,27,28,29,30,34,36). The maximum Gasteiger partial charge on any atom is 0.333 e. The highest BCUT2D eigenvalue weighted by molar-refractivity contribution is 6.06. The number of imidazole rings is 1. The molecular formula is C21H22N12O6. The Labute approximate surface area is 217 Å². The first-order valence-electron chi connectivity index (χ1n) is 11.0. The van der Waals surface area contributed by atoms with Gasteiger partial charge in [0.05, 0.1) is 11.9 Å². The predicted molar refractivity (Wildman–Crippen MR) is 136 cm³/mol. The second-order valence-corrected chi connectivity index (χ2v) is 7.97. The van der Waals surface area contributed by atoms with E-state index in [1.54, 1.807) is 12.1 Å².